The van der Waals surface area contributed by atoms with Gasteiger partial charge in [0.1, 0.15) is 0 Å². The number of hydrogen-bond donors (Lipinski definition) is 0. The molecular formula is C44H49NSi3. The fourth-order valence-electron chi connectivity index (χ4n) is 9.09. The van der Waals surface area contributed by atoms with Crippen molar-refractivity contribution >= 4 is 57.2 Å². The molecule has 0 saturated carbocycles. The highest BCUT2D eigenvalue weighted by molar-refractivity contribution is 6.99. The summed E-state index contributed by atoms with van der Waals surface area (Å²) in [7, 11) is -5.20. The Bertz CT molecular complexity index is 2110. The molecule has 1 aliphatic carbocycles. The maximum atomic E-state index is 2.64. The normalized spacial score (nSPS) is 14.1. The van der Waals surface area contributed by atoms with Crippen molar-refractivity contribution in [2.24, 2.45) is 0 Å². The van der Waals surface area contributed by atoms with E-state index in [0.717, 1.165) is 0 Å². The van der Waals surface area contributed by atoms with Gasteiger partial charge in [0.15, 0.2) is 0 Å². The van der Waals surface area contributed by atoms with Crippen LogP contribution in [0.4, 0.5) is 17.1 Å². The maximum Gasteiger partial charge on any atom is 0.0775 e. The van der Waals surface area contributed by atoms with Crippen LogP contribution in [0.1, 0.15) is 11.1 Å². The Labute approximate surface area is 291 Å². The summed E-state index contributed by atoms with van der Waals surface area (Å²) in [5.41, 5.74) is 12.2. The van der Waals surface area contributed by atoms with E-state index in [-0.39, 0.29) is 4.66 Å². The number of hydrogen-bond acceptors (Lipinski definition) is 1. The van der Waals surface area contributed by atoms with Gasteiger partial charge in [0.2, 0.25) is 0 Å². The highest BCUT2D eigenvalue weighted by atomic mass is 28.4. The first-order valence-corrected chi connectivity index (χ1v) is 28.0. The Morgan fingerprint density at radius 1 is 0.458 bits per heavy atom. The van der Waals surface area contributed by atoms with E-state index in [1.807, 2.05) is 0 Å². The summed E-state index contributed by atoms with van der Waals surface area (Å²) >= 11 is 0. The van der Waals surface area contributed by atoms with E-state index >= 15 is 0 Å². The lowest BCUT2D eigenvalue weighted by molar-refractivity contribution is 0.952. The molecule has 242 valence electrons. The molecule has 1 nitrogen and oxygen atoms in total. The number of benzene rings is 6. The topological polar surface area (TPSA) is 3.24 Å². The second kappa shape index (κ2) is 11.6. The lowest BCUT2D eigenvalue weighted by Gasteiger charge is -2.51. The van der Waals surface area contributed by atoms with Crippen LogP contribution >= 0.6 is 0 Å². The van der Waals surface area contributed by atoms with Crippen LogP contribution in [0.15, 0.2) is 133 Å². The number of anilines is 3. The van der Waals surface area contributed by atoms with Crippen molar-refractivity contribution in [2.45, 2.75) is 63.6 Å². The minimum absolute atomic E-state index is 0.0526. The Hall–Kier alpha value is -3.97. The fourth-order valence-corrected chi connectivity index (χ4v) is 23.3. The van der Waals surface area contributed by atoms with Gasteiger partial charge in [-0.25, -0.2) is 0 Å². The van der Waals surface area contributed by atoms with Crippen molar-refractivity contribution in [3.8, 4) is 22.3 Å². The molecule has 0 saturated heterocycles. The Balaban J connectivity index is 1.63. The van der Waals surface area contributed by atoms with Crippen LogP contribution in [0.3, 0.4) is 0 Å². The maximum absolute atomic E-state index is 2.64. The largest absolute Gasteiger partial charge is 0.309 e. The molecule has 0 fully saturated rings. The summed E-state index contributed by atoms with van der Waals surface area (Å²) in [4.78, 5) is 2.57. The van der Waals surface area contributed by atoms with E-state index in [0.29, 0.717) is 0 Å². The zero-order valence-corrected chi connectivity index (χ0v) is 33.1. The molecule has 0 bridgehead atoms. The van der Waals surface area contributed by atoms with Gasteiger partial charge >= 0.3 is 0 Å². The van der Waals surface area contributed by atoms with E-state index in [1.165, 1.54) is 55.3 Å². The third-order valence-electron chi connectivity index (χ3n) is 10.7. The second-order valence-corrected chi connectivity index (χ2v) is 32.8. The van der Waals surface area contributed by atoms with E-state index in [9.17, 15) is 0 Å². The molecule has 1 aliphatic rings. The van der Waals surface area contributed by atoms with Crippen LogP contribution < -0.4 is 10.1 Å². The van der Waals surface area contributed by atoms with Gasteiger partial charge in [0.05, 0.1) is 35.6 Å². The van der Waals surface area contributed by atoms with Crippen molar-refractivity contribution < 1.29 is 0 Å². The molecule has 4 heteroatoms. The molecule has 6 aromatic rings. The van der Waals surface area contributed by atoms with E-state index in [2.05, 4.69) is 197 Å². The van der Waals surface area contributed by atoms with Crippen LogP contribution in [0.25, 0.3) is 33.0 Å². The first kappa shape index (κ1) is 32.6. The molecule has 0 heterocycles. The summed E-state index contributed by atoms with van der Waals surface area (Å²) < 4.78 is 0.0526. The summed E-state index contributed by atoms with van der Waals surface area (Å²) in [6.45, 7) is 23.0. The lowest BCUT2D eigenvalue weighted by atomic mass is 9.94. The summed E-state index contributed by atoms with van der Waals surface area (Å²) in [5.74, 6) is 0. The zero-order valence-electron chi connectivity index (χ0n) is 30.1. The first-order chi connectivity index (χ1) is 22.7. The third-order valence-corrected chi connectivity index (χ3v) is 22.9. The average Bonchev–Trinajstić information content (AvgIpc) is 3.37. The molecular weight excluding hydrogens is 627 g/mol. The van der Waals surface area contributed by atoms with Gasteiger partial charge in [-0.15, -0.1) is 0 Å². The van der Waals surface area contributed by atoms with Crippen LogP contribution in [-0.2, 0) is 4.66 Å². The quantitative estimate of drug-likeness (QED) is 0.152. The smallest absolute Gasteiger partial charge is 0.0775 e. The first-order valence-electron chi connectivity index (χ1n) is 17.5. The predicted octanol–water partition coefficient (Wildman–Crippen LogP) is 12.5. The van der Waals surface area contributed by atoms with Crippen LogP contribution in [-0.4, -0.2) is 24.2 Å². The van der Waals surface area contributed by atoms with Crippen molar-refractivity contribution in [1.82, 2.24) is 0 Å². The Morgan fingerprint density at radius 2 is 1.00 bits per heavy atom. The van der Waals surface area contributed by atoms with Gasteiger partial charge in [-0.05, 0) is 57.5 Å². The third kappa shape index (κ3) is 4.99. The monoisotopic (exact) mass is 675 g/mol. The highest BCUT2D eigenvalue weighted by Crippen LogP contribution is 2.61. The van der Waals surface area contributed by atoms with Crippen molar-refractivity contribution in [2.75, 3.05) is 4.90 Å². The predicted molar refractivity (Wildman–Crippen MR) is 220 cm³/mol. The lowest BCUT2D eigenvalue weighted by Crippen LogP contribution is -2.63. The SMILES string of the molecule is C[Si](C)(C)c1ccc(N(c2ccccc2-c2ccccc2)c2cc3c(c4ccccc24)-c2ccccc2C3([Si](C)(C)C)[Si](C)(C)C)cc1. The average molecular weight is 676 g/mol. The zero-order chi connectivity index (χ0) is 34.1. The van der Waals surface area contributed by atoms with Crippen LogP contribution in [0, 0.1) is 0 Å². The van der Waals surface area contributed by atoms with Gasteiger partial charge in [0, 0.05) is 21.3 Å². The Kier molecular flexibility index (Phi) is 7.86. The van der Waals surface area contributed by atoms with Gasteiger partial charge in [-0.1, -0.05) is 173 Å². The van der Waals surface area contributed by atoms with Crippen LogP contribution in [0.5, 0.6) is 0 Å². The van der Waals surface area contributed by atoms with Crippen molar-refractivity contribution in [3.05, 3.63) is 145 Å². The Morgan fingerprint density at radius 3 is 1.62 bits per heavy atom. The molecule has 0 amide bonds. The molecule has 7 rings (SSSR count). The van der Waals surface area contributed by atoms with E-state index in [4.69, 9.17) is 0 Å². The highest BCUT2D eigenvalue weighted by Gasteiger charge is 2.59. The number of rotatable bonds is 7. The van der Waals surface area contributed by atoms with Crippen molar-refractivity contribution in [3.63, 3.8) is 0 Å². The summed E-state index contributed by atoms with van der Waals surface area (Å²) in [6.07, 6.45) is 0. The van der Waals surface area contributed by atoms with E-state index < -0.39 is 24.2 Å². The van der Waals surface area contributed by atoms with Gasteiger partial charge in [0.25, 0.3) is 0 Å². The molecule has 48 heavy (non-hydrogen) atoms. The number of fused-ring (bicyclic) bond motifs is 5. The molecule has 0 aromatic heterocycles. The van der Waals surface area contributed by atoms with E-state index in [1.54, 1.807) is 11.1 Å². The second-order valence-electron chi connectivity index (χ2n) is 16.7. The summed E-state index contributed by atoms with van der Waals surface area (Å²) in [5, 5.41) is 4.13. The molecule has 0 spiro atoms. The van der Waals surface area contributed by atoms with Crippen LogP contribution in [0.2, 0.25) is 58.9 Å². The molecule has 0 radical (unpaired) electrons. The molecule has 6 aromatic carbocycles. The summed E-state index contributed by atoms with van der Waals surface area (Å²) in [6, 6.07) is 50.6. The number of para-hydroxylation sites is 1. The minimum atomic E-state index is -1.86. The van der Waals surface area contributed by atoms with Gasteiger partial charge < -0.3 is 4.90 Å². The minimum Gasteiger partial charge on any atom is -0.309 e. The van der Waals surface area contributed by atoms with Gasteiger partial charge in [-0.2, -0.15) is 0 Å². The molecule has 0 unspecified atom stereocenters. The standard InChI is InChI=1S/C44H49NSi3/c1-46(2,3)34-29-27-33(28-30-34)45(41-26-18-16-21-35(41)32-19-11-10-12-20-32)42-31-40-43(37-23-14-13-22-36(37)42)38-24-15-17-25-39(38)44(40,47(4,5)6)48(7,8)9/h10-31H,1-9H3. The molecule has 0 N–H and O–H groups in total. The fraction of sp³-hybridized carbons (Fsp3) is 0.227. The van der Waals surface area contributed by atoms with Crippen molar-refractivity contribution in [1.29, 1.82) is 0 Å². The number of nitrogens with zero attached hydrogens (tertiary/aromatic N) is 1. The molecule has 0 aliphatic heterocycles. The molecule has 0 atom stereocenters. The van der Waals surface area contributed by atoms with Gasteiger partial charge in [-0.3, -0.25) is 0 Å².